The Labute approximate surface area is 101 Å². The topological polar surface area (TPSA) is 63.5 Å². The van der Waals surface area contributed by atoms with Crippen LogP contribution in [0, 0.1) is 21.7 Å². The number of hydrogen-bond donors (Lipinski definition) is 0. The molecule has 96 valence electrons. The molecular weight excluding hydrogens is 246 g/mol. The van der Waals surface area contributed by atoms with E-state index >= 15 is 0 Å². The van der Waals surface area contributed by atoms with Crippen molar-refractivity contribution in [2.75, 3.05) is 7.05 Å². The van der Waals surface area contributed by atoms with Crippen molar-refractivity contribution in [3.63, 3.8) is 0 Å². The molecule has 1 aliphatic rings. The van der Waals surface area contributed by atoms with Crippen molar-refractivity contribution in [2.24, 2.45) is 0 Å². The summed E-state index contributed by atoms with van der Waals surface area (Å²) in [6, 6.07) is 1.04. The average molecular weight is 256 g/mol. The Bertz CT molecular complexity index is 529. The summed E-state index contributed by atoms with van der Waals surface area (Å²) in [6.07, 6.45) is 1.64. The van der Waals surface area contributed by atoms with Crippen LogP contribution in [0.2, 0.25) is 0 Å². The van der Waals surface area contributed by atoms with E-state index in [1.807, 2.05) is 0 Å². The minimum absolute atomic E-state index is 0.0326. The predicted molar refractivity (Wildman–Crippen MR) is 58.1 cm³/mol. The lowest BCUT2D eigenvalue weighted by Crippen LogP contribution is -2.29. The number of nitro benzene ring substituents is 1. The molecule has 0 heterocycles. The lowest BCUT2D eigenvalue weighted by molar-refractivity contribution is -0.385. The summed E-state index contributed by atoms with van der Waals surface area (Å²) in [5, 5.41) is 10.7. The molecule has 0 radical (unpaired) electrons. The molecule has 1 aromatic carbocycles. The summed E-state index contributed by atoms with van der Waals surface area (Å²) >= 11 is 0. The van der Waals surface area contributed by atoms with E-state index in [4.69, 9.17) is 0 Å². The summed E-state index contributed by atoms with van der Waals surface area (Å²) in [4.78, 5) is 23.1. The quantitative estimate of drug-likeness (QED) is 0.614. The van der Waals surface area contributed by atoms with Crippen LogP contribution >= 0.6 is 0 Å². The van der Waals surface area contributed by atoms with Crippen LogP contribution in [0.4, 0.5) is 14.5 Å². The lowest BCUT2D eigenvalue weighted by Gasteiger charge is -2.16. The minimum Gasteiger partial charge on any atom is -0.339 e. The molecule has 0 spiro atoms. The monoisotopic (exact) mass is 256 g/mol. The van der Waals surface area contributed by atoms with E-state index in [1.54, 1.807) is 0 Å². The van der Waals surface area contributed by atoms with Gasteiger partial charge in [0, 0.05) is 13.1 Å². The fourth-order valence-electron chi connectivity index (χ4n) is 1.68. The standard InChI is InChI=1S/C11H10F2N2O3/c1-14(6-2-3-6)11(16)7-4-8(12)9(13)5-10(7)15(17)18/h4-6H,2-3H2,1H3. The molecule has 0 aromatic heterocycles. The molecular formula is C11H10F2N2O3. The van der Waals surface area contributed by atoms with Crippen LogP contribution < -0.4 is 0 Å². The van der Waals surface area contributed by atoms with Crippen LogP contribution in [-0.4, -0.2) is 28.8 Å². The molecule has 1 amide bonds. The number of rotatable bonds is 3. The van der Waals surface area contributed by atoms with Gasteiger partial charge >= 0.3 is 0 Å². The van der Waals surface area contributed by atoms with Crippen LogP contribution in [0.3, 0.4) is 0 Å². The Morgan fingerprint density at radius 1 is 1.39 bits per heavy atom. The zero-order chi connectivity index (χ0) is 13.4. The fraction of sp³-hybridized carbons (Fsp3) is 0.364. The smallest absolute Gasteiger partial charge is 0.285 e. The molecule has 0 unspecified atom stereocenters. The van der Waals surface area contributed by atoms with E-state index in [0.717, 1.165) is 12.8 Å². The summed E-state index contributed by atoms with van der Waals surface area (Å²) in [7, 11) is 1.49. The third kappa shape index (κ3) is 2.15. The van der Waals surface area contributed by atoms with Gasteiger partial charge in [-0.2, -0.15) is 0 Å². The minimum atomic E-state index is -1.34. The van der Waals surface area contributed by atoms with Crippen molar-refractivity contribution in [2.45, 2.75) is 18.9 Å². The number of nitrogens with zero attached hydrogens (tertiary/aromatic N) is 2. The van der Waals surface area contributed by atoms with Gasteiger partial charge in [-0.15, -0.1) is 0 Å². The van der Waals surface area contributed by atoms with E-state index in [0.29, 0.717) is 12.1 Å². The SMILES string of the molecule is CN(C(=O)c1cc(F)c(F)cc1[N+](=O)[O-])C1CC1. The zero-order valence-electron chi connectivity index (χ0n) is 9.52. The summed E-state index contributed by atoms with van der Waals surface area (Å²) in [5.41, 5.74) is -1.14. The van der Waals surface area contributed by atoms with E-state index in [-0.39, 0.29) is 6.04 Å². The van der Waals surface area contributed by atoms with Gasteiger partial charge in [0.05, 0.1) is 11.0 Å². The van der Waals surface area contributed by atoms with Crippen molar-refractivity contribution in [3.05, 3.63) is 39.4 Å². The average Bonchev–Trinajstić information content (AvgIpc) is 3.14. The molecule has 0 atom stereocenters. The molecule has 5 nitrogen and oxygen atoms in total. The second-order valence-corrected chi connectivity index (χ2v) is 4.19. The highest BCUT2D eigenvalue weighted by molar-refractivity contribution is 5.98. The molecule has 0 aliphatic heterocycles. The first-order valence-electron chi connectivity index (χ1n) is 5.32. The second-order valence-electron chi connectivity index (χ2n) is 4.19. The van der Waals surface area contributed by atoms with E-state index in [1.165, 1.54) is 11.9 Å². The van der Waals surface area contributed by atoms with Gasteiger partial charge < -0.3 is 4.90 Å². The fourth-order valence-corrected chi connectivity index (χ4v) is 1.68. The summed E-state index contributed by atoms with van der Waals surface area (Å²) < 4.78 is 26.0. The van der Waals surface area contributed by atoms with Gasteiger partial charge in [0.2, 0.25) is 0 Å². The predicted octanol–water partition coefficient (Wildman–Crippen LogP) is 2.11. The number of hydrogen-bond acceptors (Lipinski definition) is 3. The summed E-state index contributed by atoms with van der Waals surface area (Å²) in [6.45, 7) is 0. The maximum absolute atomic E-state index is 13.1. The highest BCUT2D eigenvalue weighted by Crippen LogP contribution is 2.29. The van der Waals surface area contributed by atoms with Gasteiger partial charge in [-0.05, 0) is 18.9 Å². The molecule has 0 saturated heterocycles. The molecule has 1 aliphatic carbocycles. The number of halogens is 2. The van der Waals surface area contributed by atoms with Crippen molar-refractivity contribution >= 4 is 11.6 Å². The van der Waals surface area contributed by atoms with E-state index < -0.39 is 33.7 Å². The number of carbonyl (C=O) groups is 1. The molecule has 0 N–H and O–H groups in total. The van der Waals surface area contributed by atoms with E-state index in [2.05, 4.69) is 0 Å². The van der Waals surface area contributed by atoms with Crippen LogP contribution in [0.1, 0.15) is 23.2 Å². The van der Waals surface area contributed by atoms with E-state index in [9.17, 15) is 23.7 Å². The maximum Gasteiger partial charge on any atom is 0.285 e. The molecule has 0 bridgehead atoms. The third-order valence-electron chi connectivity index (χ3n) is 2.88. The zero-order valence-corrected chi connectivity index (χ0v) is 9.52. The number of amides is 1. The highest BCUT2D eigenvalue weighted by atomic mass is 19.2. The van der Waals surface area contributed by atoms with Gasteiger partial charge in [-0.1, -0.05) is 0 Å². The second kappa shape index (κ2) is 4.32. The normalized spacial score (nSPS) is 14.4. The van der Waals surface area contributed by atoms with Gasteiger partial charge in [-0.25, -0.2) is 8.78 Å². The highest BCUT2D eigenvalue weighted by Gasteiger charge is 2.33. The summed E-state index contributed by atoms with van der Waals surface area (Å²) in [5.74, 6) is -3.27. The van der Waals surface area contributed by atoms with Crippen LogP contribution in [-0.2, 0) is 0 Å². The first-order valence-corrected chi connectivity index (χ1v) is 5.32. The molecule has 2 rings (SSSR count). The maximum atomic E-state index is 13.1. The van der Waals surface area contributed by atoms with Crippen molar-refractivity contribution in [3.8, 4) is 0 Å². The number of nitro groups is 1. The van der Waals surface area contributed by atoms with Crippen LogP contribution in [0.15, 0.2) is 12.1 Å². The van der Waals surface area contributed by atoms with Crippen molar-refractivity contribution < 1.29 is 18.5 Å². The van der Waals surface area contributed by atoms with Crippen molar-refractivity contribution in [1.29, 1.82) is 0 Å². The van der Waals surface area contributed by atoms with Crippen molar-refractivity contribution in [1.82, 2.24) is 4.90 Å². The Morgan fingerprint density at radius 3 is 2.44 bits per heavy atom. The van der Waals surface area contributed by atoms with Crippen LogP contribution in [0.5, 0.6) is 0 Å². The molecule has 1 fully saturated rings. The van der Waals surface area contributed by atoms with Gasteiger partial charge in [0.1, 0.15) is 5.56 Å². The molecule has 1 saturated carbocycles. The largest absolute Gasteiger partial charge is 0.339 e. The Balaban J connectivity index is 2.44. The molecule has 7 heteroatoms. The Kier molecular flexibility index (Phi) is 2.98. The van der Waals surface area contributed by atoms with Gasteiger partial charge in [-0.3, -0.25) is 14.9 Å². The Morgan fingerprint density at radius 2 is 1.94 bits per heavy atom. The van der Waals surface area contributed by atoms with Gasteiger partial charge in [0.15, 0.2) is 11.6 Å². The lowest BCUT2D eigenvalue weighted by atomic mass is 10.1. The Hall–Kier alpha value is -2.05. The van der Waals surface area contributed by atoms with Crippen LogP contribution in [0.25, 0.3) is 0 Å². The number of benzene rings is 1. The molecule has 18 heavy (non-hydrogen) atoms. The first kappa shape index (κ1) is 12.4. The third-order valence-corrected chi connectivity index (χ3v) is 2.88. The molecule has 1 aromatic rings. The first-order chi connectivity index (χ1) is 8.41. The van der Waals surface area contributed by atoms with Gasteiger partial charge in [0.25, 0.3) is 11.6 Å². The number of carbonyl (C=O) groups excluding carboxylic acids is 1.